The number of nitrogens with zero attached hydrogens (tertiary/aromatic N) is 3. The zero-order valence-corrected chi connectivity index (χ0v) is 11.0. The van der Waals surface area contributed by atoms with Crippen molar-refractivity contribution in [1.29, 1.82) is 0 Å². The summed E-state index contributed by atoms with van der Waals surface area (Å²) < 4.78 is 0. The Morgan fingerprint density at radius 3 is 2.41 bits per heavy atom. The van der Waals surface area contributed by atoms with Crippen LogP contribution in [-0.2, 0) is 0 Å². The fourth-order valence-electron chi connectivity index (χ4n) is 2.95. The zero-order valence-electron chi connectivity index (χ0n) is 11.0. The molecule has 5 nitrogen and oxygen atoms in total. The van der Waals surface area contributed by atoms with Crippen molar-refractivity contribution in [3.63, 3.8) is 0 Å². The highest BCUT2D eigenvalue weighted by Crippen LogP contribution is 2.29. The van der Waals surface area contributed by atoms with E-state index in [-0.39, 0.29) is 11.1 Å². The van der Waals surface area contributed by atoms with E-state index in [1.165, 1.54) is 6.33 Å². The highest BCUT2D eigenvalue weighted by atomic mass is 15.2. The molecular weight excluding hydrogens is 214 g/mol. The summed E-state index contributed by atoms with van der Waals surface area (Å²) in [4.78, 5) is 3.97. The Morgan fingerprint density at radius 1 is 1.24 bits per heavy atom. The molecule has 0 amide bonds. The lowest BCUT2D eigenvalue weighted by Gasteiger charge is -2.46. The molecule has 5 heteroatoms. The number of piperidine rings is 1. The normalized spacial score (nSPS) is 23.3. The van der Waals surface area contributed by atoms with Crippen molar-refractivity contribution in [2.45, 2.75) is 57.7 Å². The van der Waals surface area contributed by atoms with Crippen LogP contribution in [0.15, 0.2) is 12.5 Å². The first-order chi connectivity index (χ1) is 7.86. The van der Waals surface area contributed by atoms with Crippen molar-refractivity contribution >= 4 is 5.82 Å². The second kappa shape index (κ2) is 4.22. The van der Waals surface area contributed by atoms with Crippen molar-refractivity contribution in [1.82, 2.24) is 20.5 Å². The maximum absolute atomic E-state index is 4.02. The summed E-state index contributed by atoms with van der Waals surface area (Å²) in [7, 11) is 0. The van der Waals surface area contributed by atoms with Crippen LogP contribution < -0.4 is 10.6 Å². The van der Waals surface area contributed by atoms with Gasteiger partial charge in [-0.25, -0.2) is 4.98 Å². The Bertz CT molecular complexity index is 358. The topological polar surface area (TPSA) is 62.7 Å². The first-order valence-corrected chi connectivity index (χ1v) is 6.05. The van der Waals surface area contributed by atoms with Gasteiger partial charge in [-0.2, -0.15) is 0 Å². The average Bonchev–Trinajstić information content (AvgIpc) is 2.13. The van der Waals surface area contributed by atoms with Gasteiger partial charge in [0, 0.05) is 17.1 Å². The summed E-state index contributed by atoms with van der Waals surface area (Å²) in [5.74, 6) is 0.756. The van der Waals surface area contributed by atoms with Gasteiger partial charge in [-0.15, -0.1) is 10.2 Å². The van der Waals surface area contributed by atoms with Crippen molar-refractivity contribution in [2.75, 3.05) is 5.32 Å². The summed E-state index contributed by atoms with van der Waals surface area (Å²) in [5, 5.41) is 14.9. The van der Waals surface area contributed by atoms with E-state index in [0.717, 1.165) is 18.7 Å². The molecule has 2 N–H and O–H groups in total. The van der Waals surface area contributed by atoms with Gasteiger partial charge in [0.25, 0.3) is 0 Å². The molecule has 2 heterocycles. The van der Waals surface area contributed by atoms with Gasteiger partial charge in [-0.05, 0) is 40.5 Å². The Morgan fingerprint density at radius 2 is 1.88 bits per heavy atom. The molecule has 1 aliphatic rings. The molecule has 0 spiro atoms. The second-order valence-electron chi connectivity index (χ2n) is 6.14. The number of nitrogens with one attached hydrogen (secondary N) is 2. The van der Waals surface area contributed by atoms with Crippen LogP contribution in [0.5, 0.6) is 0 Å². The van der Waals surface area contributed by atoms with Crippen molar-refractivity contribution in [3.8, 4) is 0 Å². The molecule has 0 aromatic carbocycles. The van der Waals surface area contributed by atoms with E-state index in [1.54, 1.807) is 6.20 Å². The van der Waals surface area contributed by atoms with Gasteiger partial charge in [0.2, 0.25) is 0 Å². The van der Waals surface area contributed by atoms with Crippen LogP contribution in [-0.4, -0.2) is 32.3 Å². The third kappa shape index (κ3) is 3.36. The number of hydrogen-bond donors (Lipinski definition) is 2. The summed E-state index contributed by atoms with van der Waals surface area (Å²) >= 11 is 0. The monoisotopic (exact) mass is 235 g/mol. The minimum atomic E-state index is 0.134. The lowest BCUT2D eigenvalue weighted by atomic mass is 9.79. The number of rotatable bonds is 2. The fraction of sp³-hybridized carbons (Fsp3) is 0.750. The third-order valence-corrected chi connectivity index (χ3v) is 3.02. The van der Waals surface area contributed by atoms with Crippen molar-refractivity contribution in [2.24, 2.45) is 0 Å². The lowest BCUT2D eigenvalue weighted by molar-refractivity contribution is 0.170. The van der Waals surface area contributed by atoms with Gasteiger partial charge < -0.3 is 10.6 Å². The van der Waals surface area contributed by atoms with Gasteiger partial charge in [0.1, 0.15) is 6.33 Å². The Balaban J connectivity index is 2.06. The minimum Gasteiger partial charge on any atom is -0.364 e. The first kappa shape index (κ1) is 12.2. The summed E-state index contributed by atoms with van der Waals surface area (Å²) in [6.07, 6.45) is 5.29. The molecule has 1 aromatic heterocycles. The third-order valence-electron chi connectivity index (χ3n) is 3.02. The van der Waals surface area contributed by atoms with Crippen LogP contribution in [0.1, 0.15) is 40.5 Å². The Hall–Kier alpha value is -1.23. The molecule has 0 bridgehead atoms. The fourth-order valence-corrected chi connectivity index (χ4v) is 2.95. The highest BCUT2D eigenvalue weighted by molar-refractivity contribution is 5.31. The molecule has 0 unspecified atom stereocenters. The van der Waals surface area contributed by atoms with Gasteiger partial charge in [0.15, 0.2) is 5.82 Å². The molecule has 17 heavy (non-hydrogen) atoms. The van der Waals surface area contributed by atoms with Gasteiger partial charge in [-0.1, -0.05) is 0 Å². The molecule has 0 atom stereocenters. The molecule has 1 fully saturated rings. The van der Waals surface area contributed by atoms with E-state index in [2.05, 4.69) is 53.5 Å². The van der Waals surface area contributed by atoms with Gasteiger partial charge >= 0.3 is 0 Å². The van der Waals surface area contributed by atoms with Crippen LogP contribution in [0.2, 0.25) is 0 Å². The highest BCUT2D eigenvalue weighted by Gasteiger charge is 2.37. The van der Waals surface area contributed by atoms with E-state index in [9.17, 15) is 0 Å². The number of aromatic nitrogens is 3. The summed E-state index contributed by atoms with van der Waals surface area (Å²) in [5.41, 5.74) is 0.268. The lowest BCUT2D eigenvalue weighted by Crippen LogP contribution is -2.60. The average molecular weight is 235 g/mol. The molecule has 1 saturated heterocycles. The smallest absolute Gasteiger partial charge is 0.167 e. The molecular formula is C12H21N5. The number of hydrogen-bond acceptors (Lipinski definition) is 5. The summed E-state index contributed by atoms with van der Waals surface area (Å²) in [6.45, 7) is 8.93. The zero-order chi connectivity index (χ0) is 12.5. The Kier molecular flexibility index (Phi) is 3.03. The van der Waals surface area contributed by atoms with E-state index in [4.69, 9.17) is 0 Å². The van der Waals surface area contributed by atoms with E-state index in [0.29, 0.717) is 6.04 Å². The van der Waals surface area contributed by atoms with E-state index in [1.807, 2.05) is 0 Å². The van der Waals surface area contributed by atoms with Crippen LogP contribution in [0.4, 0.5) is 5.82 Å². The van der Waals surface area contributed by atoms with Crippen LogP contribution in [0.3, 0.4) is 0 Å². The molecule has 1 aliphatic heterocycles. The van der Waals surface area contributed by atoms with E-state index < -0.39 is 0 Å². The number of anilines is 1. The quantitative estimate of drug-likeness (QED) is 0.815. The molecule has 0 radical (unpaired) electrons. The minimum absolute atomic E-state index is 0.134. The SMILES string of the molecule is CC1(C)CC(Nc2cncnn2)CC(C)(C)N1. The van der Waals surface area contributed by atoms with Crippen LogP contribution >= 0.6 is 0 Å². The molecule has 0 saturated carbocycles. The predicted octanol–water partition coefficient (Wildman–Crippen LogP) is 1.59. The molecule has 0 aliphatic carbocycles. The summed E-state index contributed by atoms with van der Waals surface area (Å²) in [6, 6.07) is 0.403. The van der Waals surface area contributed by atoms with Gasteiger partial charge in [0.05, 0.1) is 6.20 Å². The Labute approximate surface area is 102 Å². The van der Waals surface area contributed by atoms with Crippen molar-refractivity contribution < 1.29 is 0 Å². The van der Waals surface area contributed by atoms with Gasteiger partial charge in [-0.3, -0.25) is 0 Å². The first-order valence-electron chi connectivity index (χ1n) is 6.05. The molecule has 94 valence electrons. The molecule has 2 rings (SSSR count). The largest absolute Gasteiger partial charge is 0.364 e. The van der Waals surface area contributed by atoms with Crippen LogP contribution in [0.25, 0.3) is 0 Å². The maximum Gasteiger partial charge on any atom is 0.167 e. The van der Waals surface area contributed by atoms with Crippen molar-refractivity contribution in [3.05, 3.63) is 12.5 Å². The van der Waals surface area contributed by atoms with Crippen LogP contribution in [0, 0.1) is 0 Å². The maximum atomic E-state index is 4.02. The predicted molar refractivity (Wildman–Crippen MR) is 67.8 cm³/mol. The second-order valence-corrected chi connectivity index (χ2v) is 6.14. The standard InChI is InChI=1S/C12H21N5/c1-11(2)5-9(6-12(3,4)17-11)15-10-7-13-8-14-16-10/h7-9,17H,5-6H2,1-4H3,(H,15,16). The molecule has 1 aromatic rings. The van der Waals surface area contributed by atoms with E-state index >= 15 is 0 Å².